The van der Waals surface area contributed by atoms with Crippen molar-refractivity contribution in [3.05, 3.63) is 29.8 Å². The Labute approximate surface area is 142 Å². The van der Waals surface area contributed by atoms with Crippen molar-refractivity contribution in [1.29, 1.82) is 0 Å². The second-order valence-electron chi connectivity index (χ2n) is 6.68. The minimum Gasteiger partial charge on any atom is -0.494 e. The van der Waals surface area contributed by atoms with Crippen LogP contribution in [0.4, 0.5) is 0 Å². The minimum absolute atomic E-state index is 0.0504. The third kappa shape index (κ3) is 8.38. The van der Waals surface area contributed by atoms with Crippen molar-refractivity contribution in [2.75, 3.05) is 13.2 Å². The molecule has 0 aromatic heterocycles. The van der Waals surface area contributed by atoms with E-state index in [-0.39, 0.29) is 6.61 Å². The van der Waals surface area contributed by atoms with E-state index in [1.807, 2.05) is 12.1 Å². The fraction of sp³-hybridized carbons (Fsp3) is 0.700. The molecular weight excluding hydrogens is 286 g/mol. The van der Waals surface area contributed by atoms with Crippen LogP contribution in [0.25, 0.3) is 0 Å². The Balaban J connectivity index is 2.38. The molecule has 0 amide bonds. The third-order valence-electron chi connectivity index (χ3n) is 4.39. The van der Waals surface area contributed by atoms with E-state index in [0.29, 0.717) is 0 Å². The molecular formula is C20H35NO2. The van der Waals surface area contributed by atoms with Crippen LogP contribution in [-0.2, 0) is 6.42 Å². The molecule has 0 aliphatic carbocycles. The van der Waals surface area contributed by atoms with Gasteiger partial charge in [-0.2, -0.15) is 0 Å². The van der Waals surface area contributed by atoms with Gasteiger partial charge in [-0.1, -0.05) is 58.1 Å². The van der Waals surface area contributed by atoms with Crippen LogP contribution >= 0.6 is 0 Å². The van der Waals surface area contributed by atoms with Crippen molar-refractivity contribution in [3.63, 3.8) is 0 Å². The third-order valence-corrected chi connectivity index (χ3v) is 4.39. The van der Waals surface area contributed by atoms with Crippen LogP contribution < -0.4 is 10.5 Å². The molecule has 0 aliphatic heterocycles. The Morgan fingerprint density at radius 1 is 1.04 bits per heavy atom. The van der Waals surface area contributed by atoms with E-state index >= 15 is 0 Å². The average molecular weight is 322 g/mol. The summed E-state index contributed by atoms with van der Waals surface area (Å²) in [7, 11) is 0. The Morgan fingerprint density at radius 2 is 1.83 bits per heavy atom. The Hall–Kier alpha value is -1.06. The number of ether oxygens (including phenoxy) is 1. The highest BCUT2D eigenvalue weighted by Crippen LogP contribution is 2.20. The van der Waals surface area contributed by atoms with Crippen LogP contribution in [0, 0.1) is 0 Å². The Morgan fingerprint density at radius 3 is 2.52 bits per heavy atom. The second-order valence-corrected chi connectivity index (χ2v) is 6.68. The molecule has 0 saturated heterocycles. The first-order valence-corrected chi connectivity index (χ1v) is 9.25. The van der Waals surface area contributed by atoms with Gasteiger partial charge in [0, 0.05) is 5.54 Å². The fourth-order valence-corrected chi connectivity index (χ4v) is 2.86. The van der Waals surface area contributed by atoms with Gasteiger partial charge >= 0.3 is 0 Å². The summed E-state index contributed by atoms with van der Waals surface area (Å²) in [5.74, 6) is 0.945. The van der Waals surface area contributed by atoms with E-state index < -0.39 is 5.54 Å². The molecule has 132 valence electrons. The lowest BCUT2D eigenvalue weighted by molar-refractivity contribution is 0.177. The van der Waals surface area contributed by atoms with Gasteiger partial charge in [-0.05, 0) is 43.4 Å². The van der Waals surface area contributed by atoms with E-state index in [1.165, 1.54) is 31.2 Å². The molecule has 3 N–H and O–H groups in total. The van der Waals surface area contributed by atoms with Crippen LogP contribution in [0.3, 0.4) is 0 Å². The number of benzene rings is 1. The molecule has 0 bridgehead atoms. The molecule has 1 unspecified atom stereocenters. The molecule has 0 fully saturated rings. The van der Waals surface area contributed by atoms with E-state index in [2.05, 4.69) is 26.0 Å². The van der Waals surface area contributed by atoms with Gasteiger partial charge in [0.1, 0.15) is 5.75 Å². The highest BCUT2D eigenvalue weighted by atomic mass is 16.5. The molecule has 1 atom stereocenters. The molecule has 3 heteroatoms. The zero-order valence-corrected chi connectivity index (χ0v) is 15.0. The summed E-state index contributed by atoms with van der Waals surface area (Å²) in [6.45, 7) is 5.18. The summed E-state index contributed by atoms with van der Waals surface area (Å²) in [5, 5.41) is 9.50. The van der Waals surface area contributed by atoms with Gasteiger partial charge < -0.3 is 15.6 Å². The molecule has 0 heterocycles. The lowest BCUT2D eigenvalue weighted by atomic mass is 9.89. The molecule has 0 spiro atoms. The summed E-state index contributed by atoms with van der Waals surface area (Å²) in [6.07, 6.45) is 9.81. The van der Waals surface area contributed by atoms with Gasteiger partial charge in [0.15, 0.2) is 0 Å². The fourth-order valence-electron chi connectivity index (χ4n) is 2.86. The van der Waals surface area contributed by atoms with Gasteiger partial charge in [0.2, 0.25) is 0 Å². The number of hydrogen-bond donors (Lipinski definition) is 2. The first kappa shape index (κ1) is 20.0. The maximum atomic E-state index is 9.50. The SMILES string of the molecule is CCCCCCCOc1cccc(CCC(N)(CO)CCC)c1. The van der Waals surface area contributed by atoms with Crippen molar-refractivity contribution in [2.45, 2.75) is 77.2 Å². The van der Waals surface area contributed by atoms with Crippen LogP contribution in [-0.4, -0.2) is 23.9 Å². The van der Waals surface area contributed by atoms with Crippen molar-refractivity contribution in [2.24, 2.45) is 5.73 Å². The number of aryl methyl sites for hydroxylation is 1. The first-order chi connectivity index (χ1) is 11.1. The summed E-state index contributed by atoms with van der Waals surface area (Å²) >= 11 is 0. The summed E-state index contributed by atoms with van der Waals surface area (Å²) < 4.78 is 5.85. The van der Waals surface area contributed by atoms with Gasteiger partial charge in [-0.15, -0.1) is 0 Å². The highest BCUT2D eigenvalue weighted by Gasteiger charge is 2.22. The van der Waals surface area contributed by atoms with E-state index in [4.69, 9.17) is 10.5 Å². The highest BCUT2D eigenvalue weighted by molar-refractivity contribution is 5.28. The van der Waals surface area contributed by atoms with Crippen LogP contribution in [0.2, 0.25) is 0 Å². The van der Waals surface area contributed by atoms with Crippen LogP contribution in [0.15, 0.2) is 24.3 Å². The van der Waals surface area contributed by atoms with E-state index in [9.17, 15) is 5.11 Å². The summed E-state index contributed by atoms with van der Waals surface area (Å²) in [6, 6.07) is 8.27. The van der Waals surface area contributed by atoms with Crippen molar-refractivity contribution < 1.29 is 9.84 Å². The zero-order valence-electron chi connectivity index (χ0n) is 15.0. The minimum atomic E-state index is -0.453. The predicted molar refractivity (Wildman–Crippen MR) is 97.9 cm³/mol. The number of aliphatic hydroxyl groups excluding tert-OH is 1. The maximum Gasteiger partial charge on any atom is 0.119 e. The molecule has 0 saturated carbocycles. The molecule has 3 nitrogen and oxygen atoms in total. The molecule has 1 aromatic carbocycles. The monoisotopic (exact) mass is 321 g/mol. The standard InChI is InChI=1S/C20H35NO2/c1-3-5-6-7-8-15-23-19-11-9-10-18(16-19)12-14-20(21,17-22)13-4-2/h9-11,16,22H,3-8,12-15,17,21H2,1-2H3. The van der Waals surface area contributed by atoms with Crippen LogP contribution in [0.5, 0.6) is 5.75 Å². The number of aliphatic hydroxyl groups is 1. The average Bonchev–Trinajstić information content (AvgIpc) is 2.57. The topological polar surface area (TPSA) is 55.5 Å². The number of rotatable bonds is 13. The van der Waals surface area contributed by atoms with E-state index in [0.717, 1.165) is 44.5 Å². The normalized spacial score (nSPS) is 13.7. The van der Waals surface area contributed by atoms with E-state index in [1.54, 1.807) is 0 Å². The zero-order chi connectivity index (χ0) is 17.0. The number of nitrogens with two attached hydrogens (primary N) is 1. The largest absolute Gasteiger partial charge is 0.494 e. The molecule has 0 aliphatic rings. The van der Waals surface area contributed by atoms with Gasteiger partial charge in [0.05, 0.1) is 13.2 Å². The molecule has 0 radical (unpaired) electrons. The smallest absolute Gasteiger partial charge is 0.119 e. The first-order valence-electron chi connectivity index (χ1n) is 9.25. The Kier molecular flexibility index (Phi) is 9.97. The molecule has 1 aromatic rings. The van der Waals surface area contributed by atoms with Crippen molar-refractivity contribution in [3.8, 4) is 5.75 Å². The lowest BCUT2D eigenvalue weighted by Gasteiger charge is -2.26. The quantitative estimate of drug-likeness (QED) is 0.527. The second kappa shape index (κ2) is 11.5. The van der Waals surface area contributed by atoms with Crippen LogP contribution in [0.1, 0.15) is 70.8 Å². The Bertz CT molecular complexity index is 422. The van der Waals surface area contributed by atoms with Crippen molar-refractivity contribution in [1.82, 2.24) is 0 Å². The maximum absolute atomic E-state index is 9.50. The van der Waals surface area contributed by atoms with Gasteiger partial charge in [0.25, 0.3) is 0 Å². The predicted octanol–water partition coefficient (Wildman–Crippen LogP) is 4.46. The van der Waals surface area contributed by atoms with Gasteiger partial charge in [-0.3, -0.25) is 0 Å². The summed E-state index contributed by atoms with van der Waals surface area (Å²) in [5.41, 5.74) is 7.03. The molecule has 1 rings (SSSR count). The summed E-state index contributed by atoms with van der Waals surface area (Å²) in [4.78, 5) is 0. The molecule has 23 heavy (non-hydrogen) atoms. The number of unbranched alkanes of at least 4 members (excludes halogenated alkanes) is 4. The lowest BCUT2D eigenvalue weighted by Crippen LogP contribution is -2.43. The van der Waals surface area contributed by atoms with Crippen molar-refractivity contribution >= 4 is 0 Å². The van der Waals surface area contributed by atoms with Gasteiger partial charge in [-0.25, -0.2) is 0 Å². The number of hydrogen-bond acceptors (Lipinski definition) is 3.